The van der Waals surface area contributed by atoms with Crippen molar-refractivity contribution in [2.24, 2.45) is 0 Å². The smallest absolute Gasteiger partial charge is 0.331 e. The van der Waals surface area contributed by atoms with Gasteiger partial charge in [-0.25, -0.2) is 4.79 Å². The van der Waals surface area contributed by atoms with Crippen molar-refractivity contribution in [2.45, 2.75) is 6.04 Å². The number of amides is 1. The van der Waals surface area contributed by atoms with Crippen molar-refractivity contribution in [1.82, 2.24) is 4.90 Å². The lowest BCUT2D eigenvalue weighted by Crippen LogP contribution is -2.53. The maximum Gasteiger partial charge on any atom is 0.331 e. The number of hydrogen-bond acceptors (Lipinski definition) is 4. The third kappa shape index (κ3) is 3.13. The fourth-order valence-electron chi connectivity index (χ4n) is 2.00. The van der Waals surface area contributed by atoms with Crippen LogP contribution in [0.2, 0.25) is 5.02 Å². The second-order valence-electron chi connectivity index (χ2n) is 4.24. The lowest BCUT2D eigenvalue weighted by atomic mass is 10.1. The van der Waals surface area contributed by atoms with Gasteiger partial charge in [0.1, 0.15) is 0 Å². The number of ether oxygens (including phenoxy) is 2. The highest BCUT2D eigenvalue weighted by molar-refractivity contribution is 9.10. The maximum absolute atomic E-state index is 12.5. The summed E-state index contributed by atoms with van der Waals surface area (Å²) < 4.78 is 10.7. The van der Waals surface area contributed by atoms with E-state index in [-0.39, 0.29) is 12.5 Å². The van der Waals surface area contributed by atoms with Gasteiger partial charge in [0.25, 0.3) is 5.91 Å². The van der Waals surface area contributed by atoms with E-state index in [1.807, 2.05) is 0 Å². The zero-order valence-electron chi connectivity index (χ0n) is 10.8. The van der Waals surface area contributed by atoms with Crippen LogP contribution in [0.5, 0.6) is 0 Å². The largest absolute Gasteiger partial charge is 0.467 e. The molecule has 0 aromatic heterocycles. The van der Waals surface area contributed by atoms with Crippen LogP contribution in [0.1, 0.15) is 10.4 Å². The molecule has 0 saturated carbocycles. The Morgan fingerprint density at radius 3 is 2.90 bits per heavy atom. The Kier molecular flexibility index (Phi) is 5.01. The lowest BCUT2D eigenvalue weighted by Gasteiger charge is -2.33. The molecule has 1 aromatic carbocycles. The normalized spacial score (nSPS) is 18.8. The molecule has 5 nitrogen and oxygen atoms in total. The number of carbonyl (C=O) groups excluding carboxylic acids is 2. The van der Waals surface area contributed by atoms with E-state index in [9.17, 15) is 9.59 Å². The van der Waals surface area contributed by atoms with Gasteiger partial charge in [0.2, 0.25) is 0 Å². The molecule has 108 valence electrons. The number of benzene rings is 1. The standard InChI is InChI=1S/C13H13BrClNO4/c1-19-13(18)11-7-20-5-4-16(11)12(17)9-3-2-8(14)6-10(9)15/h2-3,6,11H,4-5,7H2,1H3. The summed E-state index contributed by atoms with van der Waals surface area (Å²) in [6.07, 6.45) is 0. The molecule has 1 unspecified atom stereocenters. The van der Waals surface area contributed by atoms with Crippen molar-refractivity contribution in [2.75, 3.05) is 26.9 Å². The van der Waals surface area contributed by atoms with Gasteiger partial charge in [0, 0.05) is 11.0 Å². The summed E-state index contributed by atoms with van der Waals surface area (Å²) in [6.45, 7) is 0.838. The van der Waals surface area contributed by atoms with E-state index >= 15 is 0 Å². The quantitative estimate of drug-likeness (QED) is 0.756. The fraction of sp³-hybridized carbons (Fsp3) is 0.385. The predicted octanol–water partition coefficient (Wildman–Crippen LogP) is 2.12. The second kappa shape index (κ2) is 6.56. The van der Waals surface area contributed by atoms with Crippen molar-refractivity contribution >= 4 is 39.4 Å². The van der Waals surface area contributed by atoms with Gasteiger partial charge in [-0.15, -0.1) is 0 Å². The molecule has 0 aliphatic carbocycles. The molecule has 7 heteroatoms. The summed E-state index contributed by atoms with van der Waals surface area (Å²) in [5, 5.41) is 0.333. The molecule has 0 N–H and O–H groups in total. The van der Waals surface area contributed by atoms with E-state index in [0.717, 1.165) is 4.47 Å². The molecule has 0 bridgehead atoms. The Bertz CT molecular complexity index is 537. The maximum atomic E-state index is 12.5. The highest BCUT2D eigenvalue weighted by Gasteiger charge is 2.34. The van der Waals surface area contributed by atoms with Gasteiger partial charge in [-0.3, -0.25) is 4.79 Å². The molecule has 1 heterocycles. The Hall–Kier alpha value is -1.11. The highest BCUT2D eigenvalue weighted by Crippen LogP contribution is 2.24. The Morgan fingerprint density at radius 2 is 2.25 bits per heavy atom. The molecular formula is C13H13BrClNO4. The van der Waals surface area contributed by atoms with Crippen LogP contribution in [-0.4, -0.2) is 49.7 Å². The Labute approximate surface area is 129 Å². The summed E-state index contributed by atoms with van der Waals surface area (Å²) in [5.74, 6) is -0.799. The van der Waals surface area contributed by atoms with Gasteiger partial charge in [0.15, 0.2) is 6.04 Å². The first-order valence-electron chi connectivity index (χ1n) is 5.96. The van der Waals surface area contributed by atoms with Crippen LogP contribution < -0.4 is 0 Å². The topological polar surface area (TPSA) is 55.8 Å². The van der Waals surface area contributed by atoms with E-state index in [1.165, 1.54) is 12.0 Å². The third-order valence-electron chi connectivity index (χ3n) is 3.02. The minimum Gasteiger partial charge on any atom is -0.467 e. The van der Waals surface area contributed by atoms with Gasteiger partial charge in [-0.2, -0.15) is 0 Å². The van der Waals surface area contributed by atoms with Crippen molar-refractivity contribution in [3.63, 3.8) is 0 Å². The summed E-state index contributed by atoms with van der Waals surface area (Å²) in [6, 6.07) is 4.26. The van der Waals surface area contributed by atoms with E-state index in [0.29, 0.717) is 23.7 Å². The highest BCUT2D eigenvalue weighted by atomic mass is 79.9. The third-order valence-corrected chi connectivity index (χ3v) is 3.83. The summed E-state index contributed by atoms with van der Waals surface area (Å²) in [4.78, 5) is 25.7. The van der Waals surface area contributed by atoms with E-state index in [2.05, 4.69) is 15.9 Å². The summed E-state index contributed by atoms with van der Waals surface area (Å²) >= 11 is 9.36. The predicted molar refractivity (Wildman–Crippen MR) is 76.8 cm³/mol. The van der Waals surface area contributed by atoms with Gasteiger partial charge < -0.3 is 14.4 Å². The lowest BCUT2D eigenvalue weighted by molar-refractivity contribution is -0.151. The Balaban J connectivity index is 2.27. The molecule has 1 atom stereocenters. The first-order valence-corrected chi connectivity index (χ1v) is 7.13. The molecule has 1 aliphatic rings. The summed E-state index contributed by atoms with van der Waals surface area (Å²) in [5.41, 5.74) is 0.352. The number of morpholine rings is 1. The SMILES string of the molecule is COC(=O)C1COCCN1C(=O)c1ccc(Br)cc1Cl. The van der Waals surface area contributed by atoms with E-state index in [1.54, 1.807) is 18.2 Å². The Morgan fingerprint density at radius 1 is 1.50 bits per heavy atom. The molecule has 0 spiro atoms. The van der Waals surface area contributed by atoms with Crippen molar-refractivity contribution in [3.8, 4) is 0 Å². The minimum atomic E-state index is -0.735. The van der Waals surface area contributed by atoms with E-state index < -0.39 is 12.0 Å². The van der Waals surface area contributed by atoms with Crippen LogP contribution >= 0.6 is 27.5 Å². The molecule has 0 radical (unpaired) electrons. The van der Waals surface area contributed by atoms with Gasteiger partial charge in [-0.1, -0.05) is 27.5 Å². The number of nitrogens with zero attached hydrogens (tertiary/aromatic N) is 1. The van der Waals surface area contributed by atoms with Crippen molar-refractivity contribution in [1.29, 1.82) is 0 Å². The second-order valence-corrected chi connectivity index (χ2v) is 5.56. The number of halogens is 2. The van der Waals surface area contributed by atoms with Crippen molar-refractivity contribution in [3.05, 3.63) is 33.3 Å². The first-order chi connectivity index (χ1) is 9.54. The zero-order valence-corrected chi connectivity index (χ0v) is 13.1. The average molecular weight is 363 g/mol. The van der Waals surface area contributed by atoms with Crippen molar-refractivity contribution < 1.29 is 19.1 Å². The molecule has 1 aromatic rings. The number of hydrogen-bond donors (Lipinski definition) is 0. The number of methoxy groups -OCH3 is 1. The first kappa shape index (κ1) is 15.3. The number of rotatable bonds is 2. The van der Waals surface area contributed by atoms with Crippen LogP contribution in [0.15, 0.2) is 22.7 Å². The zero-order chi connectivity index (χ0) is 14.7. The molecule has 1 saturated heterocycles. The molecule has 2 rings (SSSR count). The van der Waals surface area contributed by atoms with Crippen LogP contribution in [0.3, 0.4) is 0 Å². The molecular weight excluding hydrogens is 350 g/mol. The van der Waals surface area contributed by atoms with Gasteiger partial charge >= 0.3 is 5.97 Å². The van der Waals surface area contributed by atoms with Gasteiger partial charge in [0.05, 0.1) is 30.9 Å². The summed E-state index contributed by atoms with van der Waals surface area (Å²) in [7, 11) is 1.28. The van der Waals surface area contributed by atoms with Crippen LogP contribution in [-0.2, 0) is 14.3 Å². The van der Waals surface area contributed by atoms with Crippen LogP contribution in [0.25, 0.3) is 0 Å². The fourth-order valence-corrected chi connectivity index (χ4v) is 2.75. The van der Waals surface area contributed by atoms with Crippen LogP contribution in [0, 0.1) is 0 Å². The monoisotopic (exact) mass is 361 g/mol. The minimum absolute atomic E-state index is 0.132. The number of carbonyl (C=O) groups is 2. The molecule has 1 fully saturated rings. The molecule has 1 aliphatic heterocycles. The van der Waals surface area contributed by atoms with Crippen LogP contribution in [0.4, 0.5) is 0 Å². The van der Waals surface area contributed by atoms with Gasteiger partial charge in [-0.05, 0) is 18.2 Å². The molecule has 20 heavy (non-hydrogen) atoms. The number of esters is 1. The van der Waals surface area contributed by atoms with E-state index in [4.69, 9.17) is 21.1 Å². The average Bonchev–Trinajstić information content (AvgIpc) is 2.46. The molecule has 1 amide bonds.